The number of hydrogen-bond donors (Lipinski definition) is 2. The van der Waals surface area contributed by atoms with Gasteiger partial charge in [-0.05, 0) is 68.1 Å². The van der Waals surface area contributed by atoms with Crippen molar-refractivity contribution in [1.29, 1.82) is 0 Å². The van der Waals surface area contributed by atoms with Gasteiger partial charge in [-0.25, -0.2) is 0 Å². The third-order valence-electron chi connectivity index (χ3n) is 5.96. The SMILES string of the molecule is C#CC1(NC(=O)C(=O)c2c(C)c(C(=O)Nc3ccc(P)c(C)c3)n3c2CCC3)CC1. The Kier molecular flexibility index (Phi) is 5.03. The number of carbonyl (C=O) groups excluding carboxylic acids is 3. The lowest BCUT2D eigenvalue weighted by Crippen LogP contribution is -2.40. The number of nitrogens with one attached hydrogen (secondary N) is 2. The average Bonchev–Trinajstić information content (AvgIpc) is 3.22. The molecular weight excluding hydrogens is 397 g/mol. The van der Waals surface area contributed by atoms with E-state index in [9.17, 15) is 14.4 Å². The van der Waals surface area contributed by atoms with Gasteiger partial charge in [-0.1, -0.05) is 12.0 Å². The summed E-state index contributed by atoms with van der Waals surface area (Å²) in [5, 5.41) is 6.68. The molecule has 0 spiro atoms. The van der Waals surface area contributed by atoms with Crippen molar-refractivity contribution < 1.29 is 14.4 Å². The summed E-state index contributed by atoms with van der Waals surface area (Å²) in [5.41, 5.74) is 3.10. The minimum absolute atomic E-state index is 0.284. The average molecular weight is 421 g/mol. The van der Waals surface area contributed by atoms with Gasteiger partial charge in [-0.15, -0.1) is 15.7 Å². The van der Waals surface area contributed by atoms with E-state index in [0.29, 0.717) is 48.3 Å². The molecule has 0 saturated heterocycles. The number of terminal acetylenes is 1. The predicted octanol–water partition coefficient (Wildman–Crippen LogP) is 2.27. The van der Waals surface area contributed by atoms with Crippen molar-refractivity contribution in [2.45, 2.75) is 51.6 Å². The van der Waals surface area contributed by atoms with Crippen LogP contribution in [0.5, 0.6) is 0 Å². The van der Waals surface area contributed by atoms with Crippen LogP contribution in [0.1, 0.15) is 56.9 Å². The molecule has 0 radical (unpaired) electrons. The van der Waals surface area contributed by atoms with E-state index in [1.807, 2.05) is 29.7 Å². The summed E-state index contributed by atoms with van der Waals surface area (Å²) in [5.74, 6) is 0.952. The van der Waals surface area contributed by atoms with Gasteiger partial charge in [0.05, 0.1) is 5.56 Å². The van der Waals surface area contributed by atoms with E-state index >= 15 is 0 Å². The second-order valence-corrected chi connectivity index (χ2v) is 8.71. The summed E-state index contributed by atoms with van der Waals surface area (Å²) in [6.07, 6.45) is 8.32. The van der Waals surface area contributed by atoms with Gasteiger partial charge in [0.1, 0.15) is 11.2 Å². The first kappa shape index (κ1) is 20.4. The first-order valence-corrected chi connectivity index (χ1v) is 10.6. The van der Waals surface area contributed by atoms with E-state index in [4.69, 9.17) is 6.42 Å². The molecule has 154 valence electrons. The van der Waals surface area contributed by atoms with Crippen molar-refractivity contribution in [1.82, 2.24) is 9.88 Å². The van der Waals surface area contributed by atoms with Crippen molar-refractivity contribution in [2.75, 3.05) is 5.32 Å². The number of fused-ring (bicyclic) bond motifs is 1. The lowest BCUT2D eigenvalue weighted by Gasteiger charge is -2.11. The summed E-state index contributed by atoms with van der Waals surface area (Å²) < 4.78 is 1.87. The van der Waals surface area contributed by atoms with E-state index in [0.717, 1.165) is 23.0 Å². The Balaban J connectivity index is 1.64. The number of ketones is 1. The van der Waals surface area contributed by atoms with Gasteiger partial charge in [0, 0.05) is 17.9 Å². The molecule has 2 aromatic rings. The Morgan fingerprint density at radius 2 is 1.97 bits per heavy atom. The van der Waals surface area contributed by atoms with Crippen LogP contribution in [0.4, 0.5) is 5.69 Å². The van der Waals surface area contributed by atoms with Gasteiger partial charge in [0.15, 0.2) is 0 Å². The Morgan fingerprint density at radius 1 is 1.23 bits per heavy atom. The van der Waals surface area contributed by atoms with E-state index < -0.39 is 17.2 Å². The maximum atomic E-state index is 13.1. The predicted molar refractivity (Wildman–Crippen MR) is 119 cm³/mol. The van der Waals surface area contributed by atoms with Crippen molar-refractivity contribution in [2.24, 2.45) is 0 Å². The first-order valence-electron chi connectivity index (χ1n) is 10.0. The summed E-state index contributed by atoms with van der Waals surface area (Å²) in [6.45, 7) is 4.34. The van der Waals surface area contributed by atoms with Gasteiger partial charge < -0.3 is 15.2 Å². The third kappa shape index (κ3) is 3.44. The highest BCUT2D eigenvalue weighted by Crippen LogP contribution is 2.35. The van der Waals surface area contributed by atoms with Gasteiger partial charge in [0.2, 0.25) is 0 Å². The van der Waals surface area contributed by atoms with Crippen LogP contribution in [0.25, 0.3) is 0 Å². The zero-order chi connectivity index (χ0) is 21.6. The van der Waals surface area contributed by atoms with E-state index in [2.05, 4.69) is 25.8 Å². The molecule has 1 fully saturated rings. The monoisotopic (exact) mass is 421 g/mol. The highest BCUT2D eigenvalue weighted by atomic mass is 31.0. The van der Waals surface area contributed by atoms with Crippen molar-refractivity contribution in [3.8, 4) is 12.3 Å². The molecule has 0 bridgehead atoms. The molecule has 1 aliphatic heterocycles. The molecule has 1 atom stereocenters. The van der Waals surface area contributed by atoms with Crippen molar-refractivity contribution in [3.05, 3.63) is 46.3 Å². The van der Waals surface area contributed by atoms with Crippen LogP contribution >= 0.6 is 9.24 Å². The van der Waals surface area contributed by atoms with Crippen LogP contribution in [0.2, 0.25) is 0 Å². The number of hydrogen-bond acceptors (Lipinski definition) is 3. The molecule has 6 nitrogen and oxygen atoms in total. The first-order chi connectivity index (χ1) is 14.3. The lowest BCUT2D eigenvalue weighted by atomic mass is 10.0. The Hall–Kier alpha value is -2.90. The van der Waals surface area contributed by atoms with Crippen LogP contribution in [-0.2, 0) is 17.8 Å². The van der Waals surface area contributed by atoms with Crippen LogP contribution in [0, 0.1) is 26.2 Å². The highest BCUT2D eigenvalue weighted by molar-refractivity contribution is 7.27. The number of aryl methyl sites for hydroxylation is 1. The maximum absolute atomic E-state index is 13.1. The molecule has 1 unspecified atom stereocenters. The highest BCUT2D eigenvalue weighted by Gasteiger charge is 2.44. The van der Waals surface area contributed by atoms with E-state index in [-0.39, 0.29) is 5.91 Å². The summed E-state index contributed by atoms with van der Waals surface area (Å²) in [7, 11) is 2.65. The van der Waals surface area contributed by atoms with Crippen molar-refractivity contribution >= 4 is 37.8 Å². The van der Waals surface area contributed by atoms with E-state index in [1.165, 1.54) is 0 Å². The molecule has 2 aliphatic rings. The standard InChI is InChI=1S/C23H24N3O3P/c1-4-23(9-10-23)25-22(29)20(27)18-14(3)19(26-11-5-6-16(18)26)21(28)24-15-7-8-17(30)13(2)12-15/h1,7-8,12H,5-6,9-11,30H2,2-3H3,(H,24,28)(H,25,29). The molecule has 2 N–H and O–H groups in total. The molecule has 1 aromatic heterocycles. The quantitative estimate of drug-likeness (QED) is 0.336. The summed E-state index contributed by atoms with van der Waals surface area (Å²) in [6, 6.07) is 5.66. The zero-order valence-corrected chi connectivity index (χ0v) is 18.2. The molecule has 2 amide bonds. The molecule has 4 rings (SSSR count). The zero-order valence-electron chi connectivity index (χ0n) is 17.1. The fraction of sp³-hybridized carbons (Fsp3) is 0.348. The molecule has 2 heterocycles. The number of amides is 2. The summed E-state index contributed by atoms with van der Waals surface area (Å²) >= 11 is 0. The molecular formula is C23H24N3O3P. The third-order valence-corrected chi connectivity index (χ3v) is 6.61. The Morgan fingerprint density at radius 3 is 2.60 bits per heavy atom. The van der Waals surface area contributed by atoms with Gasteiger partial charge in [-0.2, -0.15) is 0 Å². The molecule has 30 heavy (non-hydrogen) atoms. The van der Waals surface area contributed by atoms with Gasteiger partial charge >= 0.3 is 0 Å². The molecule has 1 aliphatic carbocycles. The molecule has 1 saturated carbocycles. The molecule has 1 aromatic carbocycles. The summed E-state index contributed by atoms with van der Waals surface area (Å²) in [4.78, 5) is 38.7. The lowest BCUT2D eigenvalue weighted by molar-refractivity contribution is -0.117. The largest absolute Gasteiger partial charge is 0.340 e. The smallest absolute Gasteiger partial charge is 0.293 e. The number of rotatable bonds is 5. The molecule has 7 heteroatoms. The minimum Gasteiger partial charge on any atom is -0.340 e. The number of carbonyl (C=O) groups is 3. The second-order valence-electron chi connectivity index (χ2n) is 8.09. The Bertz CT molecular complexity index is 1140. The van der Waals surface area contributed by atoms with Crippen molar-refractivity contribution in [3.63, 3.8) is 0 Å². The maximum Gasteiger partial charge on any atom is 0.293 e. The number of aromatic nitrogens is 1. The Labute approximate surface area is 178 Å². The fourth-order valence-electron chi connectivity index (χ4n) is 4.07. The van der Waals surface area contributed by atoms with Crippen LogP contribution in [-0.4, -0.2) is 27.7 Å². The van der Waals surface area contributed by atoms with Gasteiger partial charge in [0.25, 0.3) is 17.6 Å². The van der Waals surface area contributed by atoms with Crippen LogP contribution < -0.4 is 15.9 Å². The normalized spacial score (nSPS) is 15.8. The topological polar surface area (TPSA) is 80.2 Å². The van der Waals surface area contributed by atoms with Gasteiger partial charge in [-0.3, -0.25) is 14.4 Å². The van der Waals surface area contributed by atoms with Crippen LogP contribution in [0.15, 0.2) is 18.2 Å². The van der Waals surface area contributed by atoms with E-state index in [1.54, 1.807) is 6.92 Å². The number of benzene rings is 1. The van der Waals surface area contributed by atoms with Crippen LogP contribution in [0.3, 0.4) is 0 Å². The fourth-order valence-corrected chi connectivity index (χ4v) is 4.25. The number of nitrogens with zero attached hydrogens (tertiary/aromatic N) is 1. The number of Topliss-reactive ketones (excluding diaryl/α,β-unsaturated/α-hetero) is 1. The number of anilines is 1. The minimum atomic E-state index is -0.701. The second kappa shape index (κ2) is 7.41.